The average molecular weight is 303 g/mol. The van der Waals surface area contributed by atoms with Crippen molar-refractivity contribution in [3.8, 4) is 0 Å². The smallest absolute Gasteiger partial charge is 0.308 e. The Morgan fingerprint density at radius 2 is 1.71 bits per heavy atom. The van der Waals surface area contributed by atoms with Gasteiger partial charge in [0.2, 0.25) is 0 Å². The predicted octanol–water partition coefficient (Wildman–Crippen LogP) is 3.92. The summed E-state index contributed by atoms with van der Waals surface area (Å²) in [5.74, 6) is 1.78. The molecule has 2 nitrogen and oxygen atoms in total. The number of ether oxygens (including phenoxy) is 1. The van der Waals surface area contributed by atoms with Gasteiger partial charge in [0.25, 0.3) is 0 Å². The highest BCUT2D eigenvalue weighted by molar-refractivity contribution is 9.09. The van der Waals surface area contributed by atoms with Crippen molar-refractivity contribution in [2.75, 3.05) is 7.11 Å². The monoisotopic (exact) mass is 302 g/mol. The molecule has 0 aliphatic heterocycles. The van der Waals surface area contributed by atoms with Crippen LogP contribution in [0.25, 0.3) is 0 Å². The summed E-state index contributed by atoms with van der Waals surface area (Å²) in [6.45, 7) is 0. The van der Waals surface area contributed by atoms with Gasteiger partial charge in [0.1, 0.15) is 0 Å². The van der Waals surface area contributed by atoms with E-state index in [0.29, 0.717) is 4.83 Å². The minimum Gasteiger partial charge on any atom is -0.469 e. The van der Waals surface area contributed by atoms with Crippen molar-refractivity contribution >= 4 is 21.9 Å². The van der Waals surface area contributed by atoms with Crippen molar-refractivity contribution in [1.82, 2.24) is 0 Å². The van der Waals surface area contributed by atoms with Crippen LogP contribution < -0.4 is 0 Å². The van der Waals surface area contributed by atoms with E-state index >= 15 is 0 Å². The highest BCUT2D eigenvalue weighted by atomic mass is 79.9. The van der Waals surface area contributed by atoms with E-state index in [0.717, 1.165) is 24.7 Å². The van der Waals surface area contributed by atoms with Crippen LogP contribution in [0.1, 0.15) is 51.4 Å². The Hall–Kier alpha value is -0.0500. The molecule has 0 radical (unpaired) electrons. The van der Waals surface area contributed by atoms with E-state index in [2.05, 4.69) is 15.9 Å². The highest BCUT2D eigenvalue weighted by Crippen LogP contribution is 2.41. The first kappa shape index (κ1) is 13.4. The zero-order valence-electron chi connectivity index (χ0n) is 10.7. The summed E-state index contributed by atoms with van der Waals surface area (Å²) in [4.78, 5) is 12.3. The molecule has 2 saturated carbocycles. The van der Waals surface area contributed by atoms with Crippen molar-refractivity contribution in [2.45, 2.75) is 56.2 Å². The molecule has 0 aromatic heterocycles. The second kappa shape index (κ2) is 6.21. The molecule has 2 rings (SSSR count). The van der Waals surface area contributed by atoms with Crippen molar-refractivity contribution in [3.63, 3.8) is 0 Å². The maximum atomic E-state index is 11.6. The summed E-state index contributed by atoms with van der Waals surface area (Å²) in [5.41, 5.74) is 0. The van der Waals surface area contributed by atoms with E-state index in [4.69, 9.17) is 4.74 Å². The molecule has 0 aromatic rings. The van der Waals surface area contributed by atoms with Crippen molar-refractivity contribution < 1.29 is 9.53 Å². The van der Waals surface area contributed by atoms with Crippen LogP contribution in [0, 0.1) is 17.8 Å². The molecule has 98 valence electrons. The fourth-order valence-corrected chi connectivity index (χ4v) is 4.43. The fraction of sp³-hybridized carbons (Fsp3) is 0.929. The van der Waals surface area contributed by atoms with Crippen LogP contribution >= 0.6 is 15.9 Å². The molecule has 0 bridgehead atoms. The number of halogens is 1. The van der Waals surface area contributed by atoms with Crippen LogP contribution in [0.2, 0.25) is 0 Å². The van der Waals surface area contributed by atoms with E-state index in [1.807, 2.05) is 0 Å². The SMILES string of the molecule is COC(=O)C1CCCC(C2CCCC(Br)C2)C1. The van der Waals surface area contributed by atoms with Gasteiger partial charge in [-0.05, 0) is 37.5 Å². The van der Waals surface area contributed by atoms with Gasteiger partial charge >= 0.3 is 5.97 Å². The quantitative estimate of drug-likeness (QED) is 0.571. The number of carbonyl (C=O) groups excluding carboxylic acids is 1. The highest BCUT2D eigenvalue weighted by Gasteiger charge is 2.34. The lowest BCUT2D eigenvalue weighted by molar-refractivity contribution is -0.147. The van der Waals surface area contributed by atoms with Gasteiger partial charge < -0.3 is 4.74 Å². The summed E-state index contributed by atoms with van der Waals surface area (Å²) in [5, 5.41) is 0. The second-order valence-electron chi connectivity index (χ2n) is 5.67. The Labute approximate surface area is 113 Å². The van der Waals surface area contributed by atoms with Crippen LogP contribution in [0.3, 0.4) is 0 Å². The third-order valence-corrected chi connectivity index (χ3v) is 5.40. The first-order chi connectivity index (χ1) is 8.20. The minimum atomic E-state index is 0.0147. The molecule has 4 atom stereocenters. The van der Waals surface area contributed by atoms with Crippen molar-refractivity contribution in [3.05, 3.63) is 0 Å². The lowest BCUT2D eigenvalue weighted by Gasteiger charge is -2.37. The summed E-state index contributed by atoms with van der Waals surface area (Å²) in [6.07, 6.45) is 9.96. The normalized spacial score (nSPS) is 38.7. The van der Waals surface area contributed by atoms with Gasteiger partial charge in [-0.3, -0.25) is 4.79 Å². The van der Waals surface area contributed by atoms with Gasteiger partial charge in [-0.2, -0.15) is 0 Å². The van der Waals surface area contributed by atoms with E-state index in [-0.39, 0.29) is 11.9 Å². The number of hydrogen-bond donors (Lipinski definition) is 0. The van der Waals surface area contributed by atoms with Crippen LogP contribution in [0.4, 0.5) is 0 Å². The Morgan fingerprint density at radius 3 is 2.35 bits per heavy atom. The maximum Gasteiger partial charge on any atom is 0.308 e. The summed E-state index contributed by atoms with van der Waals surface area (Å²) >= 11 is 3.76. The number of rotatable bonds is 2. The van der Waals surface area contributed by atoms with Crippen LogP contribution in [0.15, 0.2) is 0 Å². The van der Waals surface area contributed by atoms with Gasteiger partial charge in [0, 0.05) is 4.83 Å². The van der Waals surface area contributed by atoms with E-state index in [1.165, 1.54) is 45.6 Å². The van der Waals surface area contributed by atoms with Gasteiger partial charge in [-0.25, -0.2) is 0 Å². The molecule has 2 fully saturated rings. The van der Waals surface area contributed by atoms with Gasteiger partial charge in [0.05, 0.1) is 13.0 Å². The van der Waals surface area contributed by atoms with Crippen molar-refractivity contribution in [2.24, 2.45) is 17.8 Å². The van der Waals surface area contributed by atoms with Gasteiger partial charge in [0.15, 0.2) is 0 Å². The number of carbonyl (C=O) groups is 1. The van der Waals surface area contributed by atoms with Crippen molar-refractivity contribution in [1.29, 1.82) is 0 Å². The molecule has 0 amide bonds. The fourth-order valence-electron chi connectivity index (χ4n) is 3.63. The molecular formula is C14H23BrO2. The first-order valence-corrected chi connectivity index (χ1v) is 7.84. The molecule has 0 aromatic carbocycles. The lowest BCUT2D eigenvalue weighted by Crippen LogP contribution is -2.30. The molecule has 3 heteroatoms. The number of methoxy groups -OCH3 is 1. The molecule has 0 heterocycles. The Morgan fingerprint density at radius 1 is 1.06 bits per heavy atom. The summed E-state index contributed by atoms with van der Waals surface area (Å²) in [6, 6.07) is 0. The number of esters is 1. The van der Waals surface area contributed by atoms with Gasteiger partial charge in [-0.1, -0.05) is 41.6 Å². The summed E-state index contributed by atoms with van der Waals surface area (Å²) < 4.78 is 4.90. The van der Waals surface area contributed by atoms with E-state index in [9.17, 15) is 4.79 Å². The minimum absolute atomic E-state index is 0.0147. The Bertz CT molecular complexity index is 267. The molecule has 2 aliphatic carbocycles. The largest absolute Gasteiger partial charge is 0.469 e. The van der Waals surface area contributed by atoms with E-state index in [1.54, 1.807) is 0 Å². The molecule has 17 heavy (non-hydrogen) atoms. The molecule has 4 unspecified atom stereocenters. The Kier molecular flexibility index (Phi) is 4.89. The van der Waals surface area contributed by atoms with E-state index < -0.39 is 0 Å². The average Bonchev–Trinajstić information content (AvgIpc) is 2.38. The standard InChI is InChI=1S/C14H23BrO2/c1-17-14(16)12-6-2-4-10(8-12)11-5-3-7-13(15)9-11/h10-13H,2-9H2,1H3. The van der Waals surface area contributed by atoms with Crippen LogP contribution in [-0.2, 0) is 9.53 Å². The second-order valence-corrected chi connectivity index (χ2v) is 6.97. The zero-order chi connectivity index (χ0) is 12.3. The topological polar surface area (TPSA) is 26.3 Å². The molecule has 0 saturated heterocycles. The number of alkyl halides is 1. The maximum absolute atomic E-state index is 11.6. The molecule has 0 spiro atoms. The third-order valence-electron chi connectivity index (χ3n) is 4.57. The molecule has 0 N–H and O–H groups in total. The first-order valence-electron chi connectivity index (χ1n) is 6.92. The van der Waals surface area contributed by atoms with Crippen LogP contribution in [0.5, 0.6) is 0 Å². The Balaban J connectivity index is 1.90. The number of hydrogen-bond acceptors (Lipinski definition) is 2. The third kappa shape index (κ3) is 3.46. The molecular weight excluding hydrogens is 280 g/mol. The van der Waals surface area contributed by atoms with Crippen LogP contribution in [-0.4, -0.2) is 17.9 Å². The zero-order valence-corrected chi connectivity index (χ0v) is 12.2. The summed E-state index contributed by atoms with van der Waals surface area (Å²) in [7, 11) is 1.51. The van der Waals surface area contributed by atoms with Gasteiger partial charge in [-0.15, -0.1) is 0 Å². The predicted molar refractivity (Wildman–Crippen MR) is 72.1 cm³/mol. The lowest BCUT2D eigenvalue weighted by atomic mass is 9.70. The molecule has 2 aliphatic rings.